The van der Waals surface area contributed by atoms with Crippen LogP contribution in [0, 0.1) is 5.92 Å². The van der Waals surface area contributed by atoms with Gasteiger partial charge in [-0.2, -0.15) is 4.98 Å². The van der Waals surface area contributed by atoms with Gasteiger partial charge in [0.15, 0.2) is 5.82 Å². The summed E-state index contributed by atoms with van der Waals surface area (Å²) in [7, 11) is 0. The summed E-state index contributed by atoms with van der Waals surface area (Å²) in [4.78, 5) is 15.6. The van der Waals surface area contributed by atoms with Crippen LogP contribution in [0.3, 0.4) is 0 Å². The minimum atomic E-state index is 0.164. The number of aryl methyl sites for hydroxylation is 1. The SMILES string of the molecule is CCCc1noc(CC(=O)CC(C)C)n1. The fraction of sp³-hybridized carbons (Fsp3) is 0.727. The summed E-state index contributed by atoms with van der Waals surface area (Å²) in [6, 6.07) is 0. The lowest BCUT2D eigenvalue weighted by molar-refractivity contribution is -0.119. The predicted octanol–water partition coefficient (Wildman–Crippen LogP) is 2.18. The molecule has 4 nitrogen and oxygen atoms in total. The Hall–Kier alpha value is -1.19. The first-order chi connectivity index (χ1) is 7.11. The Morgan fingerprint density at radius 3 is 2.80 bits per heavy atom. The van der Waals surface area contributed by atoms with Gasteiger partial charge in [0.25, 0.3) is 0 Å². The van der Waals surface area contributed by atoms with Crippen molar-refractivity contribution in [3.8, 4) is 0 Å². The number of carbonyl (C=O) groups excluding carboxylic acids is 1. The lowest BCUT2D eigenvalue weighted by Gasteiger charge is -2.00. The summed E-state index contributed by atoms with van der Waals surface area (Å²) in [5.74, 6) is 1.70. The number of aromatic nitrogens is 2. The Kier molecular flexibility index (Phi) is 4.46. The largest absolute Gasteiger partial charge is 0.339 e. The van der Waals surface area contributed by atoms with Crippen molar-refractivity contribution in [1.29, 1.82) is 0 Å². The maximum absolute atomic E-state index is 11.5. The maximum Gasteiger partial charge on any atom is 0.234 e. The number of carbonyl (C=O) groups is 1. The summed E-state index contributed by atoms with van der Waals surface area (Å²) in [6.07, 6.45) is 2.64. The fourth-order valence-corrected chi connectivity index (χ4v) is 1.38. The standard InChI is InChI=1S/C11H18N2O2/c1-4-5-10-12-11(15-13-10)7-9(14)6-8(2)3/h8H,4-7H2,1-3H3. The molecule has 15 heavy (non-hydrogen) atoms. The number of hydrogen-bond donors (Lipinski definition) is 0. The summed E-state index contributed by atoms with van der Waals surface area (Å²) < 4.78 is 4.99. The Balaban J connectivity index is 2.46. The second-order valence-corrected chi connectivity index (χ2v) is 4.17. The van der Waals surface area contributed by atoms with Crippen molar-refractivity contribution in [2.24, 2.45) is 5.92 Å². The van der Waals surface area contributed by atoms with Crippen LogP contribution in [0.4, 0.5) is 0 Å². The lowest BCUT2D eigenvalue weighted by atomic mass is 10.1. The molecule has 0 amide bonds. The van der Waals surface area contributed by atoms with E-state index in [4.69, 9.17) is 4.52 Å². The van der Waals surface area contributed by atoms with Crippen molar-refractivity contribution in [1.82, 2.24) is 10.1 Å². The molecule has 0 aliphatic heterocycles. The topological polar surface area (TPSA) is 56.0 Å². The van der Waals surface area contributed by atoms with Gasteiger partial charge in [0.1, 0.15) is 5.78 Å². The zero-order chi connectivity index (χ0) is 11.3. The summed E-state index contributed by atoms with van der Waals surface area (Å²) >= 11 is 0. The molecule has 1 aromatic heterocycles. The Bertz CT molecular complexity index is 318. The van der Waals surface area contributed by atoms with Crippen LogP contribution in [-0.2, 0) is 17.6 Å². The normalized spacial score (nSPS) is 10.9. The molecule has 1 rings (SSSR count). The molecule has 0 aliphatic carbocycles. The van der Waals surface area contributed by atoms with Gasteiger partial charge in [0, 0.05) is 12.8 Å². The molecule has 0 aromatic carbocycles. The van der Waals surface area contributed by atoms with Crippen molar-refractivity contribution in [3.05, 3.63) is 11.7 Å². The Morgan fingerprint density at radius 1 is 1.47 bits per heavy atom. The van der Waals surface area contributed by atoms with Crippen molar-refractivity contribution < 1.29 is 9.32 Å². The van der Waals surface area contributed by atoms with Crippen molar-refractivity contribution in [2.45, 2.75) is 46.5 Å². The second-order valence-electron chi connectivity index (χ2n) is 4.17. The van der Waals surface area contributed by atoms with E-state index >= 15 is 0 Å². The minimum Gasteiger partial charge on any atom is -0.339 e. The molecule has 84 valence electrons. The smallest absolute Gasteiger partial charge is 0.234 e. The molecule has 0 saturated carbocycles. The molecule has 1 heterocycles. The van der Waals surface area contributed by atoms with E-state index in [1.807, 2.05) is 13.8 Å². The van der Waals surface area contributed by atoms with E-state index in [1.54, 1.807) is 0 Å². The molecule has 0 radical (unpaired) electrons. The van der Waals surface area contributed by atoms with Crippen LogP contribution in [0.15, 0.2) is 4.52 Å². The van der Waals surface area contributed by atoms with Gasteiger partial charge in [0.05, 0.1) is 6.42 Å². The third-order valence-corrected chi connectivity index (χ3v) is 1.97. The van der Waals surface area contributed by atoms with Gasteiger partial charge < -0.3 is 4.52 Å². The number of rotatable bonds is 6. The number of nitrogens with zero attached hydrogens (tertiary/aromatic N) is 2. The summed E-state index contributed by atoms with van der Waals surface area (Å²) in [5.41, 5.74) is 0. The molecule has 4 heteroatoms. The summed E-state index contributed by atoms with van der Waals surface area (Å²) in [5, 5.41) is 3.80. The average Bonchev–Trinajstić information content (AvgIpc) is 2.51. The number of hydrogen-bond acceptors (Lipinski definition) is 4. The highest BCUT2D eigenvalue weighted by Gasteiger charge is 2.11. The highest BCUT2D eigenvalue weighted by molar-refractivity contribution is 5.80. The van der Waals surface area contributed by atoms with Crippen molar-refractivity contribution >= 4 is 5.78 Å². The molecule has 0 N–H and O–H groups in total. The molecule has 0 unspecified atom stereocenters. The highest BCUT2D eigenvalue weighted by atomic mass is 16.5. The van der Waals surface area contributed by atoms with Gasteiger partial charge in [0.2, 0.25) is 5.89 Å². The van der Waals surface area contributed by atoms with Crippen molar-refractivity contribution in [3.63, 3.8) is 0 Å². The molecule has 0 spiro atoms. The van der Waals surface area contributed by atoms with Crippen molar-refractivity contribution in [2.75, 3.05) is 0 Å². The first-order valence-electron chi connectivity index (χ1n) is 5.45. The molecule has 0 bridgehead atoms. The average molecular weight is 210 g/mol. The van der Waals surface area contributed by atoms with E-state index in [9.17, 15) is 4.79 Å². The van der Waals surface area contributed by atoms with Crippen LogP contribution < -0.4 is 0 Å². The van der Waals surface area contributed by atoms with Crippen LogP contribution in [-0.4, -0.2) is 15.9 Å². The summed E-state index contributed by atoms with van der Waals surface area (Å²) in [6.45, 7) is 6.10. The van der Waals surface area contributed by atoms with Crippen LogP contribution in [0.5, 0.6) is 0 Å². The molecule has 0 aliphatic rings. The first-order valence-corrected chi connectivity index (χ1v) is 5.45. The zero-order valence-corrected chi connectivity index (χ0v) is 9.62. The molecular weight excluding hydrogens is 192 g/mol. The minimum absolute atomic E-state index is 0.164. The number of ketones is 1. The Morgan fingerprint density at radius 2 is 2.20 bits per heavy atom. The van der Waals surface area contributed by atoms with Crippen LogP contribution in [0.1, 0.15) is 45.3 Å². The van der Waals surface area contributed by atoms with Gasteiger partial charge in [-0.25, -0.2) is 0 Å². The predicted molar refractivity (Wildman–Crippen MR) is 56.5 cm³/mol. The van der Waals surface area contributed by atoms with Gasteiger partial charge in [-0.1, -0.05) is 25.9 Å². The van der Waals surface area contributed by atoms with Gasteiger partial charge in [-0.05, 0) is 12.3 Å². The molecule has 0 saturated heterocycles. The molecular formula is C11H18N2O2. The third-order valence-electron chi connectivity index (χ3n) is 1.97. The van der Waals surface area contributed by atoms with E-state index in [0.29, 0.717) is 24.1 Å². The van der Waals surface area contributed by atoms with Gasteiger partial charge in [-0.3, -0.25) is 4.79 Å². The molecule has 0 atom stereocenters. The van der Waals surface area contributed by atoms with Crippen LogP contribution in [0.2, 0.25) is 0 Å². The van der Waals surface area contributed by atoms with E-state index in [-0.39, 0.29) is 12.2 Å². The Labute approximate surface area is 90.1 Å². The fourth-order valence-electron chi connectivity index (χ4n) is 1.38. The quantitative estimate of drug-likeness (QED) is 0.722. The number of Topliss-reactive ketones (excluding diaryl/α,β-unsaturated/α-hetero) is 1. The second kappa shape index (κ2) is 5.63. The van der Waals surface area contributed by atoms with Gasteiger partial charge in [-0.15, -0.1) is 0 Å². The monoisotopic (exact) mass is 210 g/mol. The first kappa shape index (κ1) is 11.9. The molecule has 0 fully saturated rings. The maximum atomic E-state index is 11.5. The third kappa shape index (κ3) is 4.23. The van der Waals surface area contributed by atoms with E-state index in [0.717, 1.165) is 12.8 Å². The van der Waals surface area contributed by atoms with Crippen LogP contribution in [0.25, 0.3) is 0 Å². The van der Waals surface area contributed by atoms with E-state index < -0.39 is 0 Å². The van der Waals surface area contributed by atoms with E-state index in [1.165, 1.54) is 0 Å². The lowest BCUT2D eigenvalue weighted by Crippen LogP contribution is -2.06. The van der Waals surface area contributed by atoms with Crippen LogP contribution >= 0.6 is 0 Å². The van der Waals surface area contributed by atoms with E-state index in [2.05, 4.69) is 17.1 Å². The zero-order valence-electron chi connectivity index (χ0n) is 9.62. The van der Waals surface area contributed by atoms with Gasteiger partial charge >= 0.3 is 0 Å². The highest BCUT2D eigenvalue weighted by Crippen LogP contribution is 2.06. The molecule has 1 aromatic rings.